The minimum absolute atomic E-state index is 0.387. The largest absolute Gasteiger partial charge is 0.480 e. The number of aryl methyl sites for hydroxylation is 1. The Labute approximate surface area is 133 Å². The Hall–Kier alpha value is -2.41. The van der Waals surface area contributed by atoms with Gasteiger partial charge in [0.15, 0.2) is 0 Å². The van der Waals surface area contributed by atoms with Gasteiger partial charge in [-0.05, 0) is 46.6 Å². The maximum atomic E-state index is 12.7. The SMILES string of the molecule is Cc1cccc2c1n(-c1ccc(Br)cn1)c(=O)n2CC(=O)O. The zero-order valence-corrected chi connectivity index (χ0v) is 13.2. The van der Waals surface area contributed by atoms with Crippen LogP contribution >= 0.6 is 15.9 Å². The number of imidazole rings is 1. The third-order valence-corrected chi connectivity index (χ3v) is 3.86. The van der Waals surface area contributed by atoms with E-state index in [0.29, 0.717) is 16.9 Å². The van der Waals surface area contributed by atoms with Crippen molar-refractivity contribution < 1.29 is 9.90 Å². The van der Waals surface area contributed by atoms with Crippen LogP contribution in [0.3, 0.4) is 0 Å². The van der Waals surface area contributed by atoms with Crippen LogP contribution < -0.4 is 5.69 Å². The Morgan fingerprint density at radius 1 is 1.32 bits per heavy atom. The van der Waals surface area contributed by atoms with Gasteiger partial charge < -0.3 is 5.11 Å². The molecule has 0 saturated carbocycles. The summed E-state index contributed by atoms with van der Waals surface area (Å²) >= 11 is 3.31. The summed E-state index contributed by atoms with van der Waals surface area (Å²) in [6.45, 7) is 1.49. The summed E-state index contributed by atoms with van der Waals surface area (Å²) in [7, 11) is 0. The molecule has 6 nitrogen and oxygen atoms in total. The molecule has 0 aliphatic carbocycles. The van der Waals surface area contributed by atoms with E-state index in [0.717, 1.165) is 10.0 Å². The molecule has 2 aromatic heterocycles. The standard InChI is InChI=1S/C15H12BrN3O3/c1-9-3-2-4-11-14(9)19(12-6-5-10(16)7-17-12)15(22)18(11)8-13(20)21/h2-7H,8H2,1H3,(H,20,21). The van der Waals surface area contributed by atoms with E-state index in [4.69, 9.17) is 5.11 Å². The summed E-state index contributed by atoms with van der Waals surface area (Å²) < 4.78 is 3.49. The first-order chi connectivity index (χ1) is 10.5. The predicted molar refractivity (Wildman–Crippen MR) is 85.4 cm³/mol. The molecule has 0 unspecified atom stereocenters. The van der Waals surface area contributed by atoms with E-state index in [9.17, 15) is 9.59 Å². The van der Waals surface area contributed by atoms with Crippen LogP contribution in [-0.2, 0) is 11.3 Å². The van der Waals surface area contributed by atoms with Crippen LogP contribution in [0.4, 0.5) is 0 Å². The van der Waals surface area contributed by atoms with E-state index >= 15 is 0 Å². The van der Waals surface area contributed by atoms with Crippen LogP contribution in [0.5, 0.6) is 0 Å². The van der Waals surface area contributed by atoms with Gasteiger partial charge >= 0.3 is 11.7 Å². The maximum Gasteiger partial charge on any atom is 0.335 e. The monoisotopic (exact) mass is 361 g/mol. The van der Waals surface area contributed by atoms with Crippen molar-refractivity contribution >= 4 is 32.9 Å². The van der Waals surface area contributed by atoms with Gasteiger partial charge in [-0.3, -0.25) is 9.36 Å². The van der Waals surface area contributed by atoms with Crippen molar-refractivity contribution in [3.63, 3.8) is 0 Å². The summed E-state index contributed by atoms with van der Waals surface area (Å²) in [6, 6.07) is 8.91. The molecule has 7 heteroatoms. The molecule has 3 rings (SSSR count). The molecule has 0 bridgehead atoms. The van der Waals surface area contributed by atoms with Crippen LogP contribution in [0.25, 0.3) is 16.9 Å². The zero-order valence-electron chi connectivity index (χ0n) is 11.7. The summed E-state index contributed by atoms with van der Waals surface area (Å²) in [4.78, 5) is 28.0. The Morgan fingerprint density at radius 3 is 2.73 bits per heavy atom. The highest BCUT2D eigenvalue weighted by Gasteiger charge is 2.18. The average Bonchev–Trinajstić information content (AvgIpc) is 2.74. The van der Waals surface area contributed by atoms with E-state index in [-0.39, 0.29) is 6.54 Å². The fraction of sp³-hybridized carbons (Fsp3) is 0.133. The smallest absolute Gasteiger partial charge is 0.335 e. The molecule has 1 aromatic carbocycles. The minimum atomic E-state index is -1.06. The Kier molecular flexibility index (Phi) is 3.58. The van der Waals surface area contributed by atoms with Gasteiger partial charge in [-0.25, -0.2) is 14.3 Å². The summed E-state index contributed by atoms with van der Waals surface area (Å²) in [5.41, 5.74) is 1.71. The number of fused-ring (bicyclic) bond motifs is 1. The lowest BCUT2D eigenvalue weighted by atomic mass is 10.2. The Bertz CT molecular complexity index is 926. The van der Waals surface area contributed by atoms with Crippen molar-refractivity contribution in [1.82, 2.24) is 14.1 Å². The normalized spacial score (nSPS) is 11.0. The molecule has 0 aliphatic rings. The van der Waals surface area contributed by atoms with Gasteiger partial charge in [0.1, 0.15) is 12.4 Å². The average molecular weight is 362 g/mol. The second kappa shape index (κ2) is 5.42. The number of carbonyl (C=O) groups is 1. The number of aliphatic carboxylic acids is 1. The Morgan fingerprint density at radius 2 is 2.09 bits per heavy atom. The number of hydrogen-bond acceptors (Lipinski definition) is 3. The van der Waals surface area contributed by atoms with Crippen molar-refractivity contribution in [1.29, 1.82) is 0 Å². The lowest BCUT2D eigenvalue weighted by Gasteiger charge is -2.04. The molecule has 0 amide bonds. The second-order valence-corrected chi connectivity index (χ2v) is 5.79. The summed E-state index contributed by atoms with van der Waals surface area (Å²) in [6.07, 6.45) is 1.60. The molecule has 0 aliphatic heterocycles. The zero-order chi connectivity index (χ0) is 15.9. The molecular weight excluding hydrogens is 350 g/mol. The highest BCUT2D eigenvalue weighted by molar-refractivity contribution is 9.10. The predicted octanol–water partition coefficient (Wildman–Crippen LogP) is 2.34. The highest BCUT2D eigenvalue weighted by Crippen LogP contribution is 2.21. The first kappa shape index (κ1) is 14.5. The lowest BCUT2D eigenvalue weighted by molar-refractivity contribution is -0.137. The summed E-state index contributed by atoms with van der Waals surface area (Å²) in [5.74, 6) is -0.608. The van der Waals surface area contributed by atoms with Crippen LogP contribution in [0.1, 0.15) is 5.56 Å². The van der Waals surface area contributed by atoms with Crippen molar-refractivity contribution in [2.24, 2.45) is 0 Å². The molecule has 0 spiro atoms. The van der Waals surface area contributed by atoms with Gasteiger partial charge in [-0.15, -0.1) is 0 Å². The molecule has 22 heavy (non-hydrogen) atoms. The van der Waals surface area contributed by atoms with Crippen LogP contribution in [0, 0.1) is 6.92 Å². The van der Waals surface area contributed by atoms with Gasteiger partial charge in [-0.2, -0.15) is 0 Å². The van der Waals surface area contributed by atoms with Gasteiger partial charge in [0.2, 0.25) is 0 Å². The quantitative estimate of drug-likeness (QED) is 0.776. The van der Waals surface area contributed by atoms with Crippen LogP contribution in [0.15, 0.2) is 45.8 Å². The van der Waals surface area contributed by atoms with E-state index < -0.39 is 11.7 Å². The van der Waals surface area contributed by atoms with Crippen molar-refractivity contribution in [3.8, 4) is 5.82 Å². The van der Waals surface area contributed by atoms with E-state index in [1.807, 2.05) is 13.0 Å². The molecule has 0 fully saturated rings. The number of carboxylic acids is 1. The van der Waals surface area contributed by atoms with Crippen LogP contribution in [-0.4, -0.2) is 25.2 Å². The van der Waals surface area contributed by atoms with Crippen molar-refractivity contribution in [2.45, 2.75) is 13.5 Å². The van der Waals surface area contributed by atoms with Gasteiger partial charge in [-0.1, -0.05) is 12.1 Å². The van der Waals surface area contributed by atoms with Crippen molar-refractivity contribution in [2.75, 3.05) is 0 Å². The lowest BCUT2D eigenvalue weighted by Crippen LogP contribution is -2.26. The number of halogens is 1. The molecular formula is C15H12BrN3O3. The number of aromatic nitrogens is 3. The third kappa shape index (κ3) is 2.33. The molecule has 0 atom stereocenters. The third-order valence-electron chi connectivity index (χ3n) is 3.39. The van der Waals surface area contributed by atoms with E-state index in [2.05, 4.69) is 20.9 Å². The van der Waals surface area contributed by atoms with Crippen LogP contribution in [0.2, 0.25) is 0 Å². The van der Waals surface area contributed by atoms with E-state index in [1.54, 1.807) is 30.5 Å². The fourth-order valence-electron chi connectivity index (χ4n) is 2.47. The first-order valence-electron chi connectivity index (χ1n) is 6.53. The molecule has 2 heterocycles. The molecule has 0 saturated heterocycles. The first-order valence-corrected chi connectivity index (χ1v) is 7.33. The van der Waals surface area contributed by atoms with Gasteiger partial charge in [0, 0.05) is 10.7 Å². The Balaban J connectivity index is 2.39. The number of rotatable bonds is 3. The topological polar surface area (TPSA) is 77.1 Å². The minimum Gasteiger partial charge on any atom is -0.480 e. The molecule has 112 valence electrons. The maximum absolute atomic E-state index is 12.7. The van der Waals surface area contributed by atoms with Crippen molar-refractivity contribution in [3.05, 3.63) is 57.0 Å². The molecule has 1 N–H and O–H groups in total. The number of pyridine rings is 1. The number of benzene rings is 1. The van der Waals surface area contributed by atoms with Gasteiger partial charge in [0.05, 0.1) is 11.0 Å². The number of para-hydroxylation sites is 1. The number of hydrogen-bond donors (Lipinski definition) is 1. The molecule has 0 radical (unpaired) electrons. The fourth-order valence-corrected chi connectivity index (χ4v) is 2.71. The summed E-state index contributed by atoms with van der Waals surface area (Å²) in [5, 5.41) is 9.05. The highest BCUT2D eigenvalue weighted by atomic mass is 79.9. The molecule has 3 aromatic rings. The van der Waals surface area contributed by atoms with E-state index in [1.165, 1.54) is 9.13 Å². The van der Waals surface area contributed by atoms with Gasteiger partial charge in [0.25, 0.3) is 0 Å². The second-order valence-electron chi connectivity index (χ2n) is 4.88. The number of nitrogens with zero attached hydrogens (tertiary/aromatic N) is 3. The number of carboxylic acid groups (broad SMARTS) is 1.